The van der Waals surface area contributed by atoms with Crippen molar-refractivity contribution in [2.45, 2.75) is 18.0 Å². The highest BCUT2D eigenvalue weighted by atomic mass is 16.7. The minimum Gasteiger partial charge on any atom is -0.371 e. The van der Waals surface area contributed by atoms with Crippen LogP contribution in [0.3, 0.4) is 0 Å². The van der Waals surface area contributed by atoms with E-state index in [1.807, 2.05) is 6.07 Å². The number of fused-ring (bicyclic) bond motifs is 3. The van der Waals surface area contributed by atoms with Crippen LogP contribution in [-0.2, 0) is 24.7 Å². The summed E-state index contributed by atoms with van der Waals surface area (Å²) < 4.78 is 24.1. The van der Waals surface area contributed by atoms with E-state index in [1.165, 1.54) is 0 Å². The molecule has 2 saturated heterocycles. The van der Waals surface area contributed by atoms with E-state index in [0.717, 1.165) is 46.6 Å². The lowest BCUT2D eigenvalue weighted by Crippen LogP contribution is -2.35. The van der Waals surface area contributed by atoms with E-state index in [-0.39, 0.29) is 12.2 Å². The summed E-state index contributed by atoms with van der Waals surface area (Å²) >= 11 is 0. The molecule has 3 aliphatic rings. The van der Waals surface area contributed by atoms with Crippen LogP contribution in [0.15, 0.2) is 72.8 Å². The standard InChI is InChI=1S/C25H22O4/c1-2-7-17(8-3-1)20-10-6-11-22-21-9-4-5-12-23(21)25(24(20)22,28-15-18-13-26-18)29-16-19-14-27-19/h1-12,18-19H,13-16H2. The van der Waals surface area contributed by atoms with Crippen molar-refractivity contribution in [1.29, 1.82) is 0 Å². The van der Waals surface area contributed by atoms with Gasteiger partial charge in [-0.15, -0.1) is 0 Å². The molecule has 0 bridgehead atoms. The van der Waals surface area contributed by atoms with Gasteiger partial charge in [-0.25, -0.2) is 0 Å². The second kappa shape index (κ2) is 6.78. The molecule has 2 heterocycles. The Morgan fingerprint density at radius 1 is 0.690 bits per heavy atom. The predicted octanol–water partition coefficient (Wildman–Crippen LogP) is 4.37. The predicted molar refractivity (Wildman–Crippen MR) is 109 cm³/mol. The smallest absolute Gasteiger partial charge is 0.224 e. The van der Waals surface area contributed by atoms with Gasteiger partial charge in [0.05, 0.1) is 26.4 Å². The van der Waals surface area contributed by atoms with Gasteiger partial charge in [-0.1, -0.05) is 72.8 Å². The van der Waals surface area contributed by atoms with E-state index >= 15 is 0 Å². The van der Waals surface area contributed by atoms with Gasteiger partial charge in [-0.2, -0.15) is 0 Å². The third kappa shape index (κ3) is 3.00. The topological polar surface area (TPSA) is 43.5 Å². The summed E-state index contributed by atoms with van der Waals surface area (Å²) in [4.78, 5) is 0. The van der Waals surface area contributed by atoms with Crippen molar-refractivity contribution in [3.05, 3.63) is 83.9 Å². The largest absolute Gasteiger partial charge is 0.371 e. The van der Waals surface area contributed by atoms with Gasteiger partial charge in [0, 0.05) is 11.1 Å². The fraction of sp³-hybridized carbons (Fsp3) is 0.280. The van der Waals surface area contributed by atoms with Gasteiger partial charge in [-0.3, -0.25) is 0 Å². The molecule has 1 aliphatic carbocycles. The Hall–Kier alpha value is -2.50. The van der Waals surface area contributed by atoms with Gasteiger partial charge in [0.2, 0.25) is 5.79 Å². The molecule has 0 N–H and O–H groups in total. The molecule has 2 unspecified atom stereocenters. The summed E-state index contributed by atoms with van der Waals surface area (Å²) in [7, 11) is 0. The van der Waals surface area contributed by atoms with Gasteiger partial charge >= 0.3 is 0 Å². The Balaban J connectivity index is 1.56. The lowest BCUT2D eigenvalue weighted by atomic mass is 9.92. The molecule has 0 saturated carbocycles. The fourth-order valence-corrected chi connectivity index (χ4v) is 4.22. The molecule has 4 nitrogen and oxygen atoms in total. The molecule has 2 atom stereocenters. The summed E-state index contributed by atoms with van der Waals surface area (Å²) in [6, 6.07) is 25.3. The molecule has 0 amide bonds. The zero-order valence-corrected chi connectivity index (χ0v) is 16.0. The van der Waals surface area contributed by atoms with Crippen LogP contribution < -0.4 is 0 Å². The molecule has 0 radical (unpaired) electrons. The maximum atomic E-state index is 6.61. The highest BCUT2D eigenvalue weighted by molar-refractivity contribution is 5.87. The normalized spacial score (nSPS) is 26.1. The third-order valence-corrected chi connectivity index (χ3v) is 5.80. The number of epoxide rings is 2. The number of ether oxygens (including phenoxy) is 4. The first-order valence-corrected chi connectivity index (χ1v) is 10.1. The number of rotatable bonds is 7. The van der Waals surface area contributed by atoms with Crippen LogP contribution in [0.2, 0.25) is 0 Å². The van der Waals surface area contributed by atoms with E-state index in [9.17, 15) is 0 Å². The quantitative estimate of drug-likeness (QED) is 0.447. The van der Waals surface area contributed by atoms with Gasteiger partial charge in [0.15, 0.2) is 0 Å². The van der Waals surface area contributed by atoms with Crippen LogP contribution in [-0.4, -0.2) is 38.6 Å². The lowest BCUT2D eigenvalue weighted by molar-refractivity contribution is -0.218. The van der Waals surface area contributed by atoms with Gasteiger partial charge in [-0.05, 0) is 22.3 Å². The lowest BCUT2D eigenvalue weighted by Gasteiger charge is -2.33. The Labute approximate surface area is 170 Å². The van der Waals surface area contributed by atoms with E-state index in [0.29, 0.717) is 13.2 Å². The second-order valence-electron chi connectivity index (χ2n) is 7.79. The van der Waals surface area contributed by atoms with Gasteiger partial charge in [0.1, 0.15) is 12.2 Å². The van der Waals surface area contributed by atoms with Crippen molar-refractivity contribution in [3.8, 4) is 22.3 Å². The summed E-state index contributed by atoms with van der Waals surface area (Å²) in [5, 5.41) is 0. The first kappa shape index (κ1) is 17.4. The molecule has 0 spiro atoms. The maximum absolute atomic E-state index is 6.61. The van der Waals surface area contributed by atoms with Crippen LogP contribution in [0.4, 0.5) is 0 Å². The van der Waals surface area contributed by atoms with Crippen LogP contribution in [0.25, 0.3) is 22.3 Å². The van der Waals surface area contributed by atoms with Crippen molar-refractivity contribution < 1.29 is 18.9 Å². The zero-order chi connectivity index (χ0) is 19.3. The molecule has 4 heteroatoms. The van der Waals surface area contributed by atoms with Crippen LogP contribution >= 0.6 is 0 Å². The van der Waals surface area contributed by atoms with E-state index in [2.05, 4.69) is 66.7 Å². The third-order valence-electron chi connectivity index (χ3n) is 5.80. The molecular formula is C25H22O4. The van der Waals surface area contributed by atoms with Crippen molar-refractivity contribution in [2.75, 3.05) is 26.4 Å². The Kier molecular flexibility index (Phi) is 4.06. The second-order valence-corrected chi connectivity index (χ2v) is 7.79. The molecule has 3 aromatic carbocycles. The monoisotopic (exact) mass is 386 g/mol. The summed E-state index contributed by atoms with van der Waals surface area (Å²) in [6.07, 6.45) is 0.292. The zero-order valence-electron chi connectivity index (χ0n) is 16.0. The van der Waals surface area contributed by atoms with Crippen LogP contribution in [0.5, 0.6) is 0 Å². The van der Waals surface area contributed by atoms with Gasteiger partial charge in [0.25, 0.3) is 0 Å². The average Bonchev–Trinajstić information content (AvgIpc) is 3.70. The number of hydrogen-bond donors (Lipinski definition) is 0. The number of hydrogen-bond acceptors (Lipinski definition) is 4. The summed E-state index contributed by atoms with van der Waals surface area (Å²) in [5.74, 6) is -0.962. The van der Waals surface area contributed by atoms with Crippen molar-refractivity contribution >= 4 is 0 Å². The SMILES string of the molecule is c1ccc(-c2cccc3c2C(OCC2CO2)(OCC2CO2)c2ccccc2-3)cc1. The Morgan fingerprint density at radius 2 is 1.28 bits per heavy atom. The molecule has 146 valence electrons. The van der Waals surface area contributed by atoms with Gasteiger partial charge < -0.3 is 18.9 Å². The first-order chi connectivity index (χ1) is 14.4. The highest BCUT2D eigenvalue weighted by Crippen LogP contribution is 2.54. The molecule has 2 fully saturated rings. The molecule has 2 aliphatic heterocycles. The maximum Gasteiger partial charge on any atom is 0.224 e. The Morgan fingerprint density at radius 3 is 1.97 bits per heavy atom. The summed E-state index contributed by atoms with van der Waals surface area (Å²) in [6.45, 7) is 2.50. The van der Waals surface area contributed by atoms with Crippen LogP contribution in [0, 0.1) is 0 Å². The van der Waals surface area contributed by atoms with Crippen molar-refractivity contribution in [3.63, 3.8) is 0 Å². The van der Waals surface area contributed by atoms with Crippen LogP contribution in [0.1, 0.15) is 11.1 Å². The molecule has 29 heavy (non-hydrogen) atoms. The highest BCUT2D eigenvalue weighted by Gasteiger charge is 2.49. The van der Waals surface area contributed by atoms with E-state index < -0.39 is 5.79 Å². The Bertz CT molecular complexity index is 1020. The molecule has 3 aromatic rings. The minimum atomic E-state index is -0.962. The molecule has 6 rings (SSSR count). The summed E-state index contributed by atoms with van der Waals surface area (Å²) in [5.41, 5.74) is 6.74. The van der Waals surface area contributed by atoms with Crippen molar-refractivity contribution in [2.24, 2.45) is 0 Å². The number of benzene rings is 3. The van der Waals surface area contributed by atoms with E-state index in [4.69, 9.17) is 18.9 Å². The first-order valence-electron chi connectivity index (χ1n) is 10.1. The minimum absolute atomic E-state index is 0.146. The molecule has 0 aromatic heterocycles. The molecular weight excluding hydrogens is 364 g/mol. The fourth-order valence-electron chi connectivity index (χ4n) is 4.22. The van der Waals surface area contributed by atoms with E-state index in [1.54, 1.807) is 0 Å². The van der Waals surface area contributed by atoms with Crippen molar-refractivity contribution in [1.82, 2.24) is 0 Å². The average molecular weight is 386 g/mol.